The highest BCUT2D eigenvalue weighted by Crippen LogP contribution is 2.22. The number of aromatic nitrogens is 3. The molecule has 0 bridgehead atoms. The van der Waals surface area contributed by atoms with Gasteiger partial charge in [0.1, 0.15) is 11.6 Å². The van der Waals surface area contributed by atoms with Gasteiger partial charge in [0, 0.05) is 31.4 Å². The molecule has 3 rings (SSSR count). The number of piperidine rings is 1. The Morgan fingerprint density at radius 2 is 2.00 bits per heavy atom. The molecule has 1 aliphatic rings. The summed E-state index contributed by atoms with van der Waals surface area (Å²) in [6, 6.07) is 11.3. The highest BCUT2D eigenvalue weighted by Gasteiger charge is 2.24. The second-order valence-corrected chi connectivity index (χ2v) is 6.81. The Balaban J connectivity index is 1.65. The Morgan fingerprint density at radius 3 is 2.75 bits per heavy atom. The predicted octanol–water partition coefficient (Wildman–Crippen LogP) is 3.10. The van der Waals surface area contributed by atoms with Gasteiger partial charge < -0.3 is 9.47 Å². The first-order chi connectivity index (χ1) is 11.7. The van der Waals surface area contributed by atoms with Gasteiger partial charge in [-0.1, -0.05) is 25.1 Å². The van der Waals surface area contributed by atoms with E-state index in [4.69, 9.17) is 0 Å². The van der Waals surface area contributed by atoms with E-state index < -0.39 is 0 Å². The number of hydrogen-bond donors (Lipinski definition) is 0. The molecule has 130 valence electrons. The minimum Gasteiger partial charge on any atom is -0.370 e. The first kappa shape index (κ1) is 17.0. The maximum atomic E-state index is 4.40. The van der Waals surface area contributed by atoms with E-state index >= 15 is 0 Å². The maximum Gasteiger partial charge on any atom is 0.147 e. The molecule has 1 aliphatic heterocycles. The molecule has 1 saturated heterocycles. The molecule has 5 nitrogen and oxygen atoms in total. The van der Waals surface area contributed by atoms with Crippen LogP contribution >= 0.6 is 0 Å². The lowest BCUT2D eigenvalue weighted by Gasteiger charge is -2.38. The van der Waals surface area contributed by atoms with Crippen LogP contribution in [0.3, 0.4) is 0 Å². The Labute approximate surface area is 145 Å². The zero-order valence-electron chi connectivity index (χ0n) is 15.1. The number of anilines is 1. The summed E-state index contributed by atoms with van der Waals surface area (Å²) >= 11 is 0. The van der Waals surface area contributed by atoms with E-state index in [1.54, 1.807) is 0 Å². The molecular weight excluding hydrogens is 298 g/mol. The molecule has 0 amide bonds. The molecule has 0 radical (unpaired) electrons. The third-order valence-corrected chi connectivity index (χ3v) is 4.99. The van der Waals surface area contributed by atoms with E-state index in [9.17, 15) is 0 Å². The number of benzene rings is 1. The summed E-state index contributed by atoms with van der Waals surface area (Å²) in [5.74, 6) is 2.11. The molecule has 0 unspecified atom stereocenters. The van der Waals surface area contributed by atoms with Crippen LogP contribution in [0.5, 0.6) is 0 Å². The number of nitrogens with zero attached hydrogens (tertiary/aromatic N) is 5. The summed E-state index contributed by atoms with van der Waals surface area (Å²) in [7, 11) is 2.22. The van der Waals surface area contributed by atoms with Gasteiger partial charge in [0.25, 0.3) is 0 Å². The van der Waals surface area contributed by atoms with E-state index in [2.05, 4.69) is 68.9 Å². The summed E-state index contributed by atoms with van der Waals surface area (Å²) < 4.78 is 2.26. The third kappa shape index (κ3) is 3.78. The number of para-hydroxylation sites is 1. The van der Waals surface area contributed by atoms with Gasteiger partial charge in [0.05, 0.1) is 6.54 Å². The molecule has 24 heavy (non-hydrogen) atoms. The second-order valence-electron chi connectivity index (χ2n) is 6.81. The maximum absolute atomic E-state index is 4.40. The van der Waals surface area contributed by atoms with Crippen molar-refractivity contribution in [3.8, 4) is 0 Å². The van der Waals surface area contributed by atoms with Crippen LogP contribution in [0.4, 0.5) is 5.69 Å². The van der Waals surface area contributed by atoms with Crippen molar-refractivity contribution < 1.29 is 0 Å². The van der Waals surface area contributed by atoms with Crippen molar-refractivity contribution in [3.05, 3.63) is 42.0 Å². The molecule has 0 aliphatic carbocycles. The summed E-state index contributed by atoms with van der Waals surface area (Å²) in [5, 5.41) is 8.68. The predicted molar refractivity (Wildman–Crippen MR) is 98.2 cm³/mol. The molecule has 0 N–H and O–H groups in total. The fourth-order valence-electron chi connectivity index (χ4n) is 3.60. The summed E-state index contributed by atoms with van der Waals surface area (Å²) in [6.45, 7) is 8.35. The largest absolute Gasteiger partial charge is 0.370 e. The van der Waals surface area contributed by atoms with E-state index in [0.717, 1.165) is 44.2 Å². The smallest absolute Gasteiger partial charge is 0.147 e. The van der Waals surface area contributed by atoms with Crippen molar-refractivity contribution in [2.75, 3.05) is 25.0 Å². The number of hydrogen-bond acceptors (Lipinski definition) is 4. The first-order valence-electron chi connectivity index (χ1n) is 9.08. The van der Waals surface area contributed by atoms with Crippen LogP contribution in [0.2, 0.25) is 0 Å². The van der Waals surface area contributed by atoms with Crippen molar-refractivity contribution in [2.24, 2.45) is 0 Å². The van der Waals surface area contributed by atoms with Gasteiger partial charge in [0.2, 0.25) is 0 Å². The van der Waals surface area contributed by atoms with Crippen LogP contribution in [-0.2, 0) is 13.1 Å². The Hall–Kier alpha value is -1.88. The van der Waals surface area contributed by atoms with E-state index in [-0.39, 0.29) is 0 Å². The highest BCUT2D eigenvalue weighted by atomic mass is 15.3. The molecule has 1 fully saturated rings. The zero-order valence-corrected chi connectivity index (χ0v) is 15.1. The van der Waals surface area contributed by atoms with Crippen molar-refractivity contribution in [1.29, 1.82) is 0 Å². The van der Waals surface area contributed by atoms with E-state index in [1.807, 2.05) is 6.92 Å². The quantitative estimate of drug-likeness (QED) is 0.817. The van der Waals surface area contributed by atoms with Crippen LogP contribution in [0.1, 0.15) is 37.8 Å². The molecule has 0 spiro atoms. The van der Waals surface area contributed by atoms with Gasteiger partial charge in [-0.15, -0.1) is 10.2 Å². The van der Waals surface area contributed by atoms with Crippen LogP contribution in [-0.4, -0.2) is 45.8 Å². The standard InChI is InChI=1S/C19H29N5/c1-4-12-24-16(2)20-21-19(24)15-22(3)18-11-8-13-23(14-18)17-9-6-5-7-10-17/h5-7,9-10,18H,4,8,11-15H2,1-3H3/t18-/m0/s1. The molecule has 1 atom stereocenters. The number of rotatable bonds is 6. The lowest BCUT2D eigenvalue weighted by Crippen LogP contribution is -2.46. The molecular formula is C19H29N5. The van der Waals surface area contributed by atoms with Crippen LogP contribution in [0, 0.1) is 6.92 Å². The fourth-order valence-corrected chi connectivity index (χ4v) is 3.60. The van der Waals surface area contributed by atoms with Crippen LogP contribution in [0.25, 0.3) is 0 Å². The van der Waals surface area contributed by atoms with Crippen molar-refractivity contribution in [1.82, 2.24) is 19.7 Å². The second kappa shape index (κ2) is 7.79. The minimum absolute atomic E-state index is 0.561. The lowest BCUT2D eigenvalue weighted by molar-refractivity contribution is 0.200. The number of aryl methyl sites for hydroxylation is 1. The van der Waals surface area contributed by atoms with Gasteiger partial charge in [0.15, 0.2) is 0 Å². The summed E-state index contributed by atoms with van der Waals surface area (Å²) in [5.41, 5.74) is 1.33. The lowest BCUT2D eigenvalue weighted by atomic mass is 10.0. The molecule has 5 heteroatoms. The highest BCUT2D eigenvalue weighted by molar-refractivity contribution is 5.46. The number of likely N-dealkylation sites (N-methyl/N-ethyl adjacent to an activating group) is 1. The molecule has 2 aromatic rings. The zero-order chi connectivity index (χ0) is 16.9. The average molecular weight is 327 g/mol. The Kier molecular flexibility index (Phi) is 5.51. The van der Waals surface area contributed by atoms with Gasteiger partial charge in [-0.25, -0.2) is 0 Å². The Bertz CT molecular complexity index is 636. The van der Waals surface area contributed by atoms with Crippen molar-refractivity contribution in [2.45, 2.75) is 52.2 Å². The first-order valence-corrected chi connectivity index (χ1v) is 9.08. The molecule has 1 aromatic carbocycles. The summed E-state index contributed by atoms with van der Waals surface area (Å²) in [6.07, 6.45) is 3.60. The van der Waals surface area contributed by atoms with Gasteiger partial charge >= 0.3 is 0 Å². The SMILES string of the molecule is CCCn1c(C)nnc1CN(C)[C@H]1CCCN(c2ccccc2)C1. The van der Waals surface area contributed by atoms with Crippen molar-refractivity contribution in [3.63, 3.8) is 0 Å². The normalized spacial score (nSPS) is 18.3. The van der Waals surface area contributed by atoms with Gasteiger partial charge in [-0.2, -0.15) is 0 Å². The minimum atomic E-state index is 0.561. The Morgan fingerprint density at radius 1 is 1.21 bits per heavy atom. The van der Waals surface area contributed by atoms with E-state index in [0.29, 0.717) is 6.04 Å². The monoisotopic (exact) mass is 327 g/mol. The van der Waals surface area contributed by atoms with Crippen LogP contribution < -0.4 is 4.90 Å². The summed E-state index contributed by atoms with van der Waals surface area (Å²) in [4.78, 5) is 4.96. The van der Waals surface area contributed by atoms with Gasteiger partial charge in [-0.05, 0) is 45.4 Å². The van der Waals surface area contributed by atoms with Crippen LogP contribution in [0.15, 0.2) is 30.3 Å². The van der Waals surface area contributed by atoms with Gasteiger partial charge in [-0.3, -0.25) is 4.90 Å². The third-order valence-electron chi connectivity index (χ3n) is 4.99. The molecule has 2 heterocycles. The van der Waals surface area contributed by atoms with Crippen molar-refractivity contribution >= 4 is 5.69 Å². The fraction of sp³-hybridized carbons (Fsp3) is 0.579. The average Bonchev–Trinajstić information content (AvgIpc) is 2.96. The van der Waals surface area contributed by atoms with E-state index in [1.165, 1.54) is 18.5 Å². The molecule has 1 aromatic heterocycles. The topological polar surface area (TPSA) is 37.2 Å². The molecule has 0 saturated carbocycles.